The fourth-order valence-electron chi connectivity index (χ4n) is 0.728. The monoisotopic (exact) mass is 263 g/mol. The summed E-state index contributed by atoms with van der Waals surface area (Å²) < 4.78 is 22.6. The quantitative estimate of drug-likeness (QED) is 0.222. The summed E-state index contributed by atoms with van der Waals surface area (Å²) in [5.41, 5.74) is 0. The molecule has 2 aliphatic heterocycles. The predicted octanol–water partition coefficient (Wildman–Crippen LogP) is -4.24. The number of fused-ring (bicyclic) bond motifs is 2. The van der Waals surface area contributed by atoms with Crippen molar-refractivity contribution in [2.45, 2.75) is 0 Å². The summed E-state index contributed by atoms with van der Waals surface area (Å²) in [5.74, 6) is 0. The van der Waals surface area contributed by atoms with Crippen molar-refractivity contribution in [1.29, 1.82) is 0 Å². The Labute approximate surface area is 120 Å². The van der Waals surface area contributed by atoms with Gasteiger partial charge in [0.2, 0.25) is 0 Å². The number of hydrogen-bond acceptors (Lipinski definition) is 9. The molecule has 84 valence electrons. The molecule has 3 N–H and O–H groups in total. The van der Waals surface area contributed by atoms with Crippen molar-refractivity contribution >= 4 is 67.0 Å². The van der Waals surface area contributed by atoms with E-state index in [0.29, 0.717) is 0 Å². The Morgan fingerprint density at radius 3 is 1.44 bits per heavy atom. The molecule has 16 heteroatoms. The van der Waals surface area contributed by atoms with Crippen molar-refractivity contribution in [3.8, 4) is 0 Å². The van der Waals surface area contributed by atoms with Crippen LogP contribution in [-0.4, -0.2) is 87.4 Å². The first-order valence-corrected chi connectivity index (χ1v) is 3.44. The predicted molar refractivity (Wildman–Crippen MR) is 50.2 cm³/mol. The zero-order valence-corrected chi connectivity index (χ0v) is 6.96. The van der Waals surface area contributed by atoms with Gasteiger partial charge >= 0.3 is 67.0 Å². The van der Waals surface area contributed by atoms with Gasteiger partial charge in [-0.05, 0) is 0 Å². The van der Waals surface area contributed by atoms with Crippen molar-refractivity contribution < 1.29 is 43.2 Å². The Morgan fingerprint density at radius 2 is 1.19 bits per heavy atom. The minimum absolute atomic E-state index is 0. The first kappa shape index (κ1) is 16.4. The summed E-state index contributed by atoms with van der Waals surface area (Å²) in [6, 6.07) is 0. The van der Waals surface area contributed by atoms with Crippen LogP contribution in [-0.2, 0) is 22.9 Å². The van der Waals surface area contributed by atoms with E-state index in [2.05, 4.69) is 22.9 Å². The van der Waals surface area contributed by atoms with E-state index in [1.807, 2.05) is 0 Å². The molecule has 16 heavy (non-hydrogen) atoms. The Bertz CT molecular complexity index is 189. The summed E-state index contributed by atoms with van der Waals surface area (Å²) in [5, 5.41) is 31.1. The third-order valence-electron chi connectivity index (χ3n) is 1.13. The average molecular weight is 262 g/mol. The molecule has 11 nitrogen and oxygen atoms in total. The molecule has 0 radical (unpaired) electrons. The summed E-state index contributed by atoms with van der Waals surface area (Å²) in [6.45, 7) is 0. The molecule has 0 amide bonds. The van der Waals surface area contributed by atoms with E-state index < -0.39 is 34.4 Å². The van der Waals surface area contributed by atoms with Crippen LogP contribution in [0, 0.1) is 10.1 Å². The maximum atomic E-state index is 8.74. The zero-order chi connectivity index (χ0) is 11.4. The second-order valence-electron chi connectivity index (χ2n) is 2.11. The maximum absolute atomic E-state index is 8.74. The number of hydrogen-bond donors (Lipinski definition) is 3. The van der Waals surface area contributed by atoms with E-state index in [1.54, 1.807) is 0 Å². The summed E-state index contributed by atoms with van der Waals surface area (Å²) in [4.78, 5) is 8.36. The molecule has 0 aromatic carbocycles. The van der Waals surface area contributed by atoms with Crippen molar-refractivity contribution in [3.63, 3.8) is 0 Å². The van der Waals surface area contributed by atoms with E-state index >= 15 is 0 Å². The molecule has 2 aliphatic rings. The Kier molecular flexibility index (Phi) is 7.92. The molecule has 0 aromatic rings. The van der Waals surface area contributed by atoms with Crippen LogP contribution in [0.4, 0.5) is 0 Å². The van der Waals surface area contributed by atoms with Gasteiger partial charge in [0, 0.05) is 0 Å². The van der Waals surface area contributed by atoms with Gasteiger partial charge in [-0.15, -0.1) is 10.1 Å². The zero-order valence-electron chi connectivity index (χ0n) is 6.96. The summed E-state index contributed by atoms with van der Waals surface area (Å²) >= 11 is 0. The molecule has 0 atom stereocenters. The Hall–Kier alpha value is 0.439. The van der Waals surface area contributed by atoms with Crippen molar-refractivity contribution in [1.82, 2.24) is 0 Å². The third kappa shape index (κ3) is 6.24. The van der Waals surface area contributed by atoms with Crippen LogP contribution in [0.2, 0.25) is 0 Å². The van der Waals surface area contributed by atoms with E-state index in [0.717, 1.165) is 0 Å². The first-order chi connectivity index (χ1) is 6.97. The van der Waals surface area contributed by atoms with Crippen LogP contribution in [0.3, 0.4) is 0 Å². The molecule has 0 aliphatic carbocycles. The molecule has 2 rings (SSSR count). The van der Waals surface area contributed by atoms with Gasteiger partial charge in [0.15, 0.2) is 0 Å². The van der Waals surface area contributed by atoms with Gasteiger partial charge in [-0.2, -0.15) is 0 Å². The molecule has 0 spiro atoms. The van der Waals surface area contributed by atoms with E-state index in [-0.39, 0.29) is 37.7 Å². The van der Waals surface area contributed by atoms with Gasteiger partial charge in [-0.1, -0.05) is 0 Å². The van der Waals surface area contributed by atoms with E-state index in [1.165, 1.54) is 0 Å². The van der Waals surface area contributed by atoms with Crippen molar-refractivity contribution in [3.05, 3.63) is 10.1 Å². The molecule has 0 unspecified atom stereocenters. The van der Waals surface area contributed by atoms with Crippen LogP contribution in [0.15, 0.2) is 0 Å². The van der Waals surface area contributed by atoms with E-state index in [9.17, 15) is 0 Å². The molecule has 2 fully saturated rings. The van der Waals surface area contributed by atoms with Crippen molar-refractivity contribution in [2.24, 2.45) is 0 Å². The van der Waals surface area contributed by atoms with Gasteiger partial charge in [0.05, 0.1) is 0 Å². The normalized spacial score (nSPS) is 18.4. The van der Waals surface area contributed by atoms with E-state index in [4.69, 9.17) is 25.4 Å². The fraction of sp³-hybridized carbons (Fsp3) is 0. The Morgan fingerprint density at radius 1 is 0.938 bits per heavy atom. The second-order valence-corrected chi connectivity index (χ2v) is 2.11. The third-order valence-corrected chi connectivity index (χ3v) is 1.13. The van der Waals surface area contributed by atoms with Crippen LogP contribution in [0.25, 0.3) is 0 Å². The Balaban J connectivity index is 0.000000397. The van der Waals surface area contributed by atoms with Gasteiger partial charge in [-0.3, -0.25) is 0 Å². The number of rotatable bonds is 0. The first-order valence-electron chi connectivity index (χ1n) is 3.44. The fourth-order valence-corrected chi connectivity index (χ4v) is 0.728. The molecule has 0 aromatic heterocycles. The molecule has 2 heterocycles. The molecular weight excluding hydrogens is 257 g/mol. The summed E-state index contributed by atoms with van der Waals surface area (Å²) in [7, 11) is -5.20. The molecule has 0 saturated carbocycles. The minimum atomic E-state index is -1.50. The standard InChI is InChI=1S/B4H2O7.Ca.HNO3.2H/c5-1-7-3-9-2(6)10-4(8-1)11-3;;2-1(3)4;;/h5-6H;;(H,2,3,4);;. The van der Waals surface area contributed by atoms with Crippen LogP contribution < -0.4 is 0 Å². The van der Waals surface area contributed by atoms with Gasteiger partial charge < -0.3 is 38.1 Å². The second kappa shape index (κ2) is 7.71. The van der Waals surface area contributed by atoms with Crippen LogP contribution >= 0.6 is 0 Å². The number of nitrogens with zero attached hydrogens (tertiary/aromatic N) is 1. The SMILES string of the molecule is O=[N+]([O-])O.OB1OB2OB(O)OB(O1)O2.[CaH2]. The van der Waals surface area contributed by atoms with Gasteiger partial charge in [0.1, 0.15) is 0 Å². The van der Waals surface area contributed by atoms with Crippen LogP contribution in [0.1, 0.15) is 0 Å². The topological polar surface area (TPSA) is 150 Å². The average Bonchev–Trinajstić information content (AvgIpc) is 1.98. The van der Waals surface area contributed by atoms with Gasteiger partial charge in [0.25, 0.3) is 5.09 Å². The summed E-state index contributed by atoms with van der Waals surface area (Å²) in [6.07, 6.45) is 0. The molecule has 2 bridgehead atoms. The molecular formula is H5B4CaNO10. The molecule has 2 saturated heterocycles. The van der Waals surface area contributed by atoms with Crippen LogP contribution in [0.5, 0.6) is 0 Å². The van der Waals surface area contributed by atoms with Crippen molar-refractivity contribution in [2.75, 3.05) is 0 Å². The van der Waals surface area contributed by atoms with Gasteiger partial charge in [-0.25, -0.2) is 0 Å².